The zero-order valence-corrected chi connectivity index (χ0v) is 11.6. The van der Waals surface area contributed by atoms with E-state index >= 15 is 0 Å². The van der Waals surface area contributed by atoms with Crippen molar-refractivity contribution in [1.29, 1.82) is 0 Å². The van der Waals surface area contributed by atoms with Crippen molar-refractivity contribution >= 4 is 34.8 Å². The number of anilines is 1. The van der Waals surface area contributed by atoms with Crippen LogP contribution >= 0.6 is 23.2 Å². The maximum Gasteiger partial charge on any atom is 0.256 e. The summed E-state index contributed by atoms with van der Waals surface area (Å²) in [5.74, 6) is -0.257. The third kappa shape index (κ3) is 3.00. The predicted molar refractivity (Wildman–Crippen MR) is 77.3 cm³/mol. The molecule has 0 aliphatic rings. The van der Waals surface area contributed by atoms with Crippen LogP contribution in [0.15, 0.2) is 36.4 Å². The highest BCUT2D eigenvalue weighted by molar-refractivity contribution is 6.36. The van der Waals surface area contributed by atoms with Gasteiger partial charge in [-0.3, -0.25) is 4.79 Å². The average Bonchev–Trinajstić information content (AvgIpc) is 2.36. The Labute approximate surface area is 120 Å². The number of amides is 1. The highest BCUT2D eigenvalue weighted by Gasteiger charge is 2.13. The first-order chi connectivity index (χ1) is 8.99. The van der Waals surface area contributed by atoms with Crippen LogP contribution in [-0.4, -0.2) is 11.0 Å². The van der Waals surface area contributed by atoms with Gasteiger partial charge in [0.25, 0.3) is 5.91 Å². The number of benzene rings is 2. The van der Waals surface area contributed by atoms with E-state index in [0.29, 0.717) is 26.9 Å². The first-order valence-electron chi connectivity index (χ1n) is 5.54. The molecule has 0 fully saturated rings. The topological polar surface area (TPSA) is 49.3 Å². The van der Waals surface area contributed by atoms with Gasteiger partial charge < -0.3 is 10.4 Å². The van der Waals surface area contributed by atoms with E-state index in [1.807, 2.05) is 0 Å². The molecule has 5 heteroatoms. The lowest BCUT2D eigenvalue weighted by atomic mass is 10.1. The van der Waals surface area contributed by atoms with Crippen LogP contribution in [0.5, 0.6) is 5.75 Å². The molecule has 1 amide bonds. The van der Waals surface area contributed by atoms with Crippen molar-refractivity contribution in [1.82, 2.24) is 0 Å². The Morgan fingerprint density at radius 1 is 1.21 bits per heavy atom. The standard InChI is InChI=1S/C14H11Cl2NO2/c1-8-10(3-2-4-13(8)18)14(19)17-12-6-5-9(15)7-11(12)16/h2-7,18H,1H3,(H,17,19). The molecule has 2 aromatic carbocycles. The second kappa shape index (κ2) is 5.51. The van der Waals surface area contributed by atoms with Gasteiger partial charge in [-0.2, -0.15) is 0 Å². The van der Waals surface area contributed by atoms with Gasteiger partial charge in [0.1, 0.15) is 5.75 Å². The maximum atomic E-state index is 12.1. The Hall–Kier alpha value is -1.71. The van der Waals surface area contributed by atoms with E-state index in [0.717, 1.165) is 0 Å². The molecule has 0 aliphatic heterocycles. The lowest BCUT2D eigenvalue weighted by molar-refractivity contribution is 0.102. The van der Waals surface area contributed by atoms with Crippen LogP contribution in [0, 0.1) is 6.92 Å². The lowest BCUT2D eigenvalue weighted by Gasteiger charge is -2.10. The van der Waals surface area contributed by atoms with Crippen molar-refractivity contribution in [3.05, 3.63) is 57.6 Å². The lowest BCUT2D eigenvalue weighted by Crippen LogP contribution is -2.13. The van der Waals surface area contributed by atoms with E-state index in [-0.39, 0.29) is 11.7 Å². The first kappa shape index (κ1) is 13.7. The second-order valence-electron chi connectivity index (χ2n) is 4.03. The van der Waals surface area contributed by atoms with Crippen LogP contribution in [0.2, 0.25) is 10.0 Å². The molecular formula is C14H11Cl2NO2. The zero-order valence-electron chi connectivity index (χ0n) is 10.1. The first-order valence-corrected chi connectivity index (χ1v) is 6.29. The molecule has 2 rings (SSSR count). The summed E-state index contributed by atoms with van der Waals surface area (Å²) in [5, 5.41) is 13.1. The minimum atomic E-state index is -0.336. The third-order valence-corrected chi connectivity index (χ3v) is 3.28. The van der Waals surface area contributed by atoms with Crippen molar-refractivity contribution in [2.75, 3.05) is 5.32 Å². The monoisotopic (exact) mass is 295 g/mol. The minimum absolute atomic E-state index is 0.0786. The van der Waals surface area contributed by atoms with Crippen LogP contribution in [0.1, 0.15) is 15.9 Å². The van der Waals surface area contributed by atoms with E-state index in [4.69, 9.17) is 23.2 Å². The number of aromatic hydroxyl groups is 1. The van der Waals surface area contributed by atoms with Gasteiger partial charge in [-0.1, -0.05) is 29.3 Å². The maximum absolute atomic E-state index is 12.1. The summed E-state index contributed by atoms with van der Waals surface area (Å²) in [5.41, 5.74) is 1.38. The van der Waals surface area contributed by atoms with Gasteiger partial charge in [0.05, 0.1) is 10.7 Å². The molecular weight excluding hydrogens is 285 g/mol. The van der Waals surface area contributed by atoms with E-state index in [9.17, 15) is 9.90 Å². The van der Waals surface area contributed by atoms with E-state index < -0.39 is 0 Å². The Morgan fingerprint density at radius 2 is 1.95 bits per heavy atom. The van der Waals surface area contributed by atoms with Crippen molar-refractivity contribution < 1.29 is 9.90 Å². The number of nitrogens with one attached hydrogen (secondary N) is 1. The van der Waals surface area contributed by atoms with Gasteiger partial charge in [0.2, 0.25) is 0 Å². The molecule has 19 heavy (non-hydrogen) atoms. The fourth-order valence-corrected chi connectivity index (χ4v) is 2.11. The summed E-state index contributed by atoms with van der Waals surface area (Å²) in [6.45, 7) is 1.67. The number of hydrogen-bond donors (Lipinski definition) is 2. The fraction of sp³-hybridized carbons (Fsp3) is 0.0714. The molecule has 2 aromatic rings. The SMILES string of the molecule is Cc1c(O)cccc1C(=O)Nc1ccc(Cl)cc1Cl. The summed E-state index contributed by atoms with van der Waals surface area (Å²) in [6.07, 6.45) is 0. The molecule has 0 aromatic heterocycles. The average molecular weight is 296 g/mol. The van der Waals surface area contributed by atoms with Crippen molar-refractivity contribution in [2.24, 2.45) is 0 Å². The van der Waals surface area contributed by atoms with Gasteiger partial charge in [-0.25, -0.2) is 0 Å². The number of rotatable bonds is 2. The summed E-state index contributed by atoms with van der Waals surface area (Å²) in [6, 6.07) is 9.59. The van der Waals surface area contributed by atoms with Gasteiger partial charge in [0, 0.05) is 16.1 Å². The molecule has 0 unspecified atom stereocenters. The van der Waals surface area contributed by atoms with Gasteiger partial charge in [-0.15, -0.1) is 0 Å². The number of phenolic OH excluding ortho intramolecular Hbond substituents is 1. The Bertz CT molecular complexity index is 641. The van der Waals surface area contributed by atoms with Crippen LogP contribution in [0.4, 0.5) is 5.69 Å². The number of carbonyl (C=O) groups is 1. The second-order valence-corrected chi connectivity index (χ2v) is 4.87. The largest absolute Gasteiger partial charge is 0.508 e. The predicted octanol–water partition coefficient (Wildman–Crippen LogP) is 4.26. The molecule has 0 spiro atoms. The van der Waals surface area contributed by atoms with E-state index in [1.54, 1.807) is 37.3 Å². The van der Waals surface area contributed by atoms with Crippen LogP contribution in [-0.2, 0) is 0 Å². The number of carbonyl (C=O) groups excluding carboxylic acids is 1. The molecule has 0 radical (unpaired) electrons. The smallest absolute Gasteiger partial charge is 0.256 e. The quantitative estimate of drug-likeness (QED) is 0.870. The number of halogens is 2. The van der Waals surface area contributed by atoms with Crippen LogP contribution in [0.3, 0.4) is 0 Å². The molecule has 0 saturated heterocycles. The number of phenols is 1. The molecule has 0 saturated carbocycles. The highest BCUT2D eigenvalue weighted by atomic mass is 35.5. The fourth-order valence-electron chi connectivity index (χ4n) is 1.65. The van der Waals surface area contributed by atoms with Gasteiger partial charge >= 0.3 is 0 Å². The highest BCUT2D eigenvalue weighted by Crippen LogP contribution is 2.27. The minimum Gasteiger partial charge on any atom is -0.508 e. The van der Waals surface area contributed by atoms with E-state index in [2.05, 4.69) is 5.32 Å². The van der Waals surface area contributed by atoms with Gasteiger partial charge in [-0.05, 0) is 37.3 Å². The third-order valence-electron chi connectivity index (χ3n) is 2.73. The van der Waals surface area contributed by atoms with Crippen molar-refractivity contribution in [3.8, 4) is 5.75 Å². The normalized spacial score (nSPS) is 10.3. The van der Waals surface area contributed by atoms with Crippen LogP contribution in [0.25, 0.3) is 0 Å². The van der Waals surface area contributed by atoms with E-state index in [1.165, 1.54) is 6.07 Å². The molecule has 0 bridgehead atoms. The van der Waals surface area contributed by atoms with Gasteiger partial charge in [0.15, 0.2) is 0 Å². The molecule has 0 atom stereocenters. The molecule has 2 N–H and O–H groups in total. The summed E-state index contributed by atoms with van der Waals surface area (Å²) < 4.78 is 0. The zero-order chi connectivity index (χ0) is 14.0. The molecule has 0 heterocycles. The Kier molecular flexibility index (Phi) is 3.98. The van der Waals surface area contributed by atoms with Crippen molar-refractivity contribution in [3.63, 3.8) is 0 Å². The number of hydrogen-bond acceptors (Lipinski definition) is 2. The molecule has 98 valence electrons. The van der Waals surface area contributed by atoms with Crippen molar-refractivity contribution in [2.45, 2.75) is 6.92 Å². The Balaban J connectivity index is 2.28. The summed E-state index contributed by atoms with van der Waals surface area (Å²) in [4.78, 5) is 12.1. The summed E-state index contributed by atoms with van der Waals surface area (Å²) >= 11 is 11.8. The Morgan fingerprint density at radius 3 is 2.63 bits per heavy atom. The summed E-state index contributed by atoms with van der Waals surface area (Å²) in [7, 11) is 0. The molecule has 3 nitrogen and oxygen atoms in total. The van der Waals surface area contributed by atoms with Crippen LogP contribution < -0.4 is 5.32 Å². The molecule has 0 aliphatic carbocycles.